The lowest BCUT2D eigenvalue weighted by Crippen LogP contribution is -2.34. The first kappa shape index (κ1) is 17.5. The molecule has 2 rings (SSSR count). The molecule has 1 saturated heterocycles. The molecule has 1 atom stereocenters. The van der Waals surface area contributed by atoms with Gasteiger partial charge in [0.1, 0.15) is 11.4 Å². The van der Waals surface area contributed by atoms with Gasteiger partial charge in [0.05, 0.1) is 11.9 Å². The third-order valence-electron chi connectivity index (χ3n) is 3.48. The highest BCUT2D eigenvalue weighted by atomic mass is 35.5. The predicted octanol–water partition coefficient (Wildman–Crippen LogP) is 3.04. The molecule has 1 aliphatic rings. The molecule has 2 amide bonds. The van der Waals surface area contributed by atoms with Gasteiger partial charge < -0.3 is 9.64 Å². The van der Waals surface area contributed by atoms with Crippen LogP contribution < -0.4 is 9.80 Å². The maximum atomic E-state index is 12.0. The van der Waals surface area contributed by atoms with Crippen LogP contribution in [0.1, 0.15) is 27.2 Å². The fourth-order valence-corrected chi connectivity index (χ4v) is 2.50. The third-order valence-corrected chi connectivity index (χ3v) is 3.91. The predicted molar refractivity (Wildman–Crippen MR) is 90.1 cm³/mol. The molecule has 1 fully saturated rings. The number of hydrogen-bond donors (Lipinski definition) is 0. The van der Waals surface area contributed by atoms with Crippen molar-refractivity contribution in [2.45, 2.75) is 32.8 Å². The standard InChI is InChI=1S/C16H22ClN3O3/c1-16(2,3)23-15(22)19(4)13-6-5-12(9-18-13)20-10-11(8-17)7-14(20)21/h5-6,9,11H,7-8,10H2,1-4H3. The zero-order chi connectivity index (χ0) is 17.2. The van der Waals surface area contributed by atoms with E-state index in [1.54, 1.807) is 30.3 Å². The number of nitrogens with zero attached hydrogens (tertiary/aromatic N) is 3. The molecule has 0 bridgehead atoms. The Bertz CT molecular complexity index is 583. The molecule has 0 N–H and O–H groups in total. The molecule has 0 spiro atoms. The van der Waals surface area contributed by atoms with E-state index in [0.717, 1.165) is 0 Å². The lowest BCUT2D eigenvalue weighted by atomic mass is 10.1. The second-order valence-corrected chi connectivity index (χ2v) is 6.95. The topological polar surface area (TPSA) is 62.7 Å². The molecule has 1 aromatic rings. The van der Waals surface area contributed by atoms with Crippen molar-refractivity contribution in [3.05, 3.63) is 18.3 Å². The number of ether oxygens (including phenoxy) is 1. The van der Waals surface area contributed by atoms with E-state index in [9.17, 15) is 9.59 Å². The molecule has 2 heterocycles. The molecule has 1 aliphatic heterocycles. The summed E-state index contributed by atoms with van der Waals surface area (Å²) < 4.78 is 5.30. The number of aromatic nitrogens is 1. The van der Waals surface area contributed by atoms with Crippen molar-refractivity contribution in [1.82, 2.24) is 4.98 Å². The second kappa shape index (κ2) is 6.74. The Kier molecular flexibility index (Phi) is 5.14. The van der Waals surface area contributed by atoms with E-state index in [0.29, 0.717) is 30.4 Å². The highest BCUT2D eigenvalue weighted by molar-refractivity contribution is 6.18. The summed E-state index contributed by atoms with van der Waals surface area (Å²) in [5.74, 6) is 1.15. The lowest BCUT2D eigenvalue weighted by molar-refractivity contribution is -0.117. The monoisotopic (exact) mass is 339 g/mol. The number of rotatable bonds is 3. The molecule has 1 unspecified atom stereocenters. The van der Waals surface area contributed by atoms with Gasteiger partial charge >= 0.3 is 6.09 Å². The van der Waals surface area contributed by atoms with Crippen LogP contribution in [0, 0.1) is 5.92 Å². The first-order chi connectivity index (χ1) is 10.7. The Morgan fingerprint density at radius 3 is 2.65 bits per heavy atom. The van der Waals surface area contributed by atoms with Gasteiger partial charge in [-0.1, -0.05) is 0 Å². The molecule has 0 radical (unpaired) electrons. The van der Waals surface area contributed by atoms with Gasteiger partial charge in [0.15, 0.2) is 0 Å². The van der Waals surface area contributed by atoms with Crippen LogP contribution >= 0.6 is 11.6 Å². The van der Waals surface area contributed by atoms with Crippen LogP contribution in [0.15, 0.2) is 18.3 Å². The largest absolute Gasteiger partial charge is 0.443 e. The zero-order valence-electron chi connectivity index (χ0n) is 13.9. The summed E-state index contributed by atoms with van der Waals surface area (Å²) in [7, 11) is 1.60. The quantitative estimate of drug-likeness (QED) is 0.794. The number of carbonyl (C=O) groups excluding carboxylic acids is 2. The molecular formula is C16H22ClN3O3. The molecule has 1 aromatic heterocycles. The Morgan fingerprint density at radius 2 is 2.17 bits per heavy atom. The number of carbonyl (C=O) groups is 2. The maximum Gasteiger partial charge on any atom is 0.415 e. The molecule has 6 nitrogen and oxygen atoms in total. The van der Waals surface area contributed by atoms with E-state index in [1.165, 1.54) is 4.90 Å². The number of halogens is 1. The Hall–Kier alpha value is -1.82. The fraction of sp³-hybridized carbons (Fsp3) is 0.562. The van der Waals surface area contributed by atoms with E-state index in [4.69, 9.17) is 16.3 Å². The van der Waals surface area contributed by atoms with Crippen molar-refractivity contribution in [1.29, 1.82) is 0 Å². The summed E-state index contributed by atoms with van der Waals surface area (Å²) in [4.78, 5) is 31.3. The van der Waals surface area contributed by atoms with Crippen molar-refractivity contribution >= 4 is 35.1 Å². The smallest absolute Gasteiger partial charge is 0.415 e. The van der Waals surface area contributed by atoms with Crippen LogP contribution in [0.5, 0.6) is 0 Å². The summed E-state index contributed by atoms with van der Waals surface area (Å²) in [6, 6.07) is 3.47. The molecular weight excluding hydrogens is 318 g/mol. The van der Waals surface area contributed by atoms with Crippen molar-refractivity contribution in [3.8, 4) is 0 Å². The van der Waals surface area contributed by atoms with E-state index >= 15 is 0 Å². The van der Waals surface area contributed by atoms with Gasteiger partial charge in [-0.05, 0) is 38.8 Å². The molecule has 23 heavy (non-hydrogen) atoms. The van der Waals surface area contributed by atoms with Gasteiger partial charge in [-0.15, -0.1) is 11.6 Å². The highest BCUT2D eigenvalue weighted by Gasteiger charge is 2.30. The molecule has 7 heteroatoms. The number of hydrogen-bond acceptors (Lipinski definition) is 4. The third kappa shape index (κ3) is 4.34. The lowest BCUT2D eigenvalue weighted by Gasteiger charge is -2.24. The number of pyridine rings is 1. The van der Waals surface area contributed by atoms with Crippen LogP contribution in [0.3, 0.4) is 0 Å². The fourth-order valence-electron chi connectivity index (χ4n) is 2.29. The van der Waals surface area contributed by atoms with E-state index in [1.807, 2.05) is 20.8 Å². The summed E-state index contributed by atoms with van der Waals surface area (Å²) in [6.45, 7) is 6.02. The zero-order valence-corrected chi connectivity index (χ0v) is 14.6. The van der Waals surface area contributed by atoms with E-state index in [2.05, 4.69) is 4.98 Å². The van der Waals surface area contributed by atoms with Gasteiger partial charge in [0.2, 0.25) is 5.91 Å². The molecule has 126 valence electrons. The Labute approximate surface area is 141 Å². The highest BCUT2D eigenvalue weighted by Crippen LogP contribution is 2.26. The first-order valence-electron chi connectivity index (χ1n) is 7.50. The van der Waals surface area contributed by atoms with Crippen molar-refractivity contribution in [2.75, 3.05) is 29.3 Å². The van der Waals surface area contributed by atoms with Crippen molar-refractivity contribution < 1.29 is 14.3 Å². The normalized spacial score (nSPS) is 18.2. The van der Waals surface area contributed by atoms with Gasteiger partial charge in [0.25, 0.3) is 0 Å². The summed E-state index contributed by atoms with van der Waals surface area (Å²) >= 11 is 5.83. The minimum atomic E-state index is -0.566. The van der Waals surface area contributed by atoms with Crippen LogP contribution in [-0.2, 0) is 9.53 Å². The van der Waals surface area contributed by atoms with Crippen LogP contribution in [0.25, 0.3) is 0 Å². The molecule has 0 aliphatic carbocycles. The minimum absolute atomic E-state index is 0.0469. The minimum Gasteiger partial charge on any atom is -0.443 e. The molecule has 0 saturated carbocycles. The van der Waals surface area contributed by atoms with Crippen LogP contribution in [-0.4, -0.2) is 42.1 Å². The number of alkyl halides is 1. The first-order valence-corrected chi connectivity index (χ1v) is 8.04. The van der Waals surface area contributed by atoms with Crippen LogP contribution in [0.2, 0.25) is 0 Å². The van der Waals surface area contributed by atoms with Crippen molar-refractivity contribution in [3.63, 3.8) is 0 Å². The summed E-state index contributed by atoms with van der Waals surface area (Å²) in [5, 5.41) is 0. The second-order valence-electron chi connectivity index (χ2n) is 6.64. The number of anilines is 2. The summed E-state index contributed by atoms with van der Waals surface area (Å²) in [6.07, 6.45) is 1.57. The summed E-state index contributed by atoms with van der Waals surface area (Å²) in [5.41, 5.74) is 0.146. The van der Waals surface area contributed by atoms with Crippen molar-refractivity contribution in [2.24, 2.45) is 5.92 Å². The average Bonchev–Trinajstić information content (AvgIpc) is 2.86. The van der Waals surface area contributed by atoms with E-state index in [-0.39, 0.29) is 11.8 Å². The van der Waals surface area contributed by atoms with Gasteiger partial charge in [-0.3, -0.25) is 9.69 Å². The SMILES string of the molecule is CN(C(=O)OC(C)(C)C)c1ccc(N2CC(CCl)CC2=O)cn1. The average molecular weight is 340 g/mol. The number of amides is 2. The Balaban J connectivity index is 2.07. The van der Waals surface area contributed by atoms with E-state index < -0.39 is 11.7 Å². The van der Waals surface area contributed by atoms with Gasteiger partial charge in [-0.2, -0.15) is 0 Å². The molecule has 0 aromatic carbocycles. The Morgan fingerprint density at radius 1 is 1.48 bits per heavy atom. The maximum absolute atomic E-state index is 12.0. The van der Waals surface area contributed by atoms with Gasteiger partial charge in [-0.25, -0.2) is 9.78 Å². The van der Waals surface area contributed by atoms with Crippen LogP contribution in [0.4, 0.5) is 16.3 Å². The van der Waals surface area contributed by atoms with Gasteiger partial charge in [0, 0.05) is 25.9 Å².